The van der Waals surface area contributed by atoms with Crippen molar-refractivity contribution in [2.75, 3.05) is 18.5 Å². The average molecular weight is 284 g/mol. The number of β-amino-alcohol motifs (C(OH)–C–C–N with tert-alkyl or cyclic N) is 1. The summed E-state index contributed by atoms with van der Waals surface area (Å²) in [6, 6.07) is 5.40. The highest BCUT2D eigenvalue weighted by Crippen LogP contribution is 2.24. The van der Waals surface area contributed by atoms with Gasteiger partial charge in [0.1, 0.15) is 12.0 Å². The van der Waals surface area contributed by atoms with Crippen molar-refractivity contribution in [2.45, 2.75) is 0 Å². The molecule has 2 amide bonds. The zero-order valence-electron chi connectivity index (χ0n) is 11.0. The number of hydrogen-bond donors (Lipinski definition) is 2. The number of hydrogen-bond acceptors (Lipinski definition) is 6. The molecule has 0 unspecified atom stereocenters. The Labute approximate surface area is 119 Å². The van der Waals surface area contributed by atoms with Crippen LogP contribution in [-0.4, -0.2) is 44.9 Å². The van der Waals surface area contributed by atoms with Crippen LogP contribution in [0, 0.1) is 0 Å². The van der Waals surface area contributed by atoms with E-state index in [0.717, 1.165) is 15.8 Å². The largest absolute Gasteiger partial charge is 0.395 e. The SMILES string of the molecule is O=C1C=C(Nc2cccc3ncncc23)C(=O)N1CCO. The molecule has 2 aromatic rings. The number of nitrogens with zero attached hydrogens (tertiary/aromatic N) is 3. The maximum absolute atomic E-state index is 12.1. The Morgan fingerprint density at radius 3 is 2.95 bits per heavy atom. The van der Waals surface area contributed by atoms with Crippen LogP contribution < -0.4 is 5.32 Å². The molecule has 0 saturated heterocycles. The van der Waals surface area contributed by atoms with Gasteiger partial charge >= 0.3 is 0 Å². The number of amides is 2. The molecule has 1 aliphatic rings. The second-order valence-electron chi connectivity index (χ2n) is 4.46. The van der Waals surface area contributed by atoms with Gasteiger partial charge in [0.25, 0.3) is 11.8 Å². The summed E-state index contributed by atoms with van der Waals surface area (Å²) in [7, 11) is 0. The first-order valence-corrected chi connectivity index (χ1v) is 6.35. The Bertz CT molecular complexity index is 751. The molecule has 1 aromatic heterocycles. The summed E-state index contributed by atoms with van der Waals surface area (Å²) in [4.78, 5) is 32.8. The third-order valence-electron chi connectivity index (χ3n) is 3.15. The Balaban J connectivity index is 1.91. The van der Waals surface area contributed by atoms with E-state index in [1.54, 1.807) is 18.3 Å². The first-order valence-electron chi connectivity index (χ1n) is 6.35. The third kappa shape index (κ3) is 2.34. The van der Waals surface area contributed by atoms with Gasteiger partial charge in [-0.05, 0) is 12.1 Å². The molecule has 1 aliphatic heterocycles. The number of nitrogens with one attached hydrogen (secondary N) is 1. The van der Waals surface area contributed by atoms with Crippen molar-refractivity contribution in [3.63, 3.8) is 0 Å². The van der Waals surface area contributed by atoms with Gasteiger partial charge in [0.15, 0.2) is 0 Å². The molecule has 0 atom stereocenters. The van der Waals surface area contributed by atoms with E-state index in [4.69, 9.17) is 5.11 Å². The minimum atomic E-state index is -0.456. The van der Waals surface area contributed by atoms with Crippen LogP contribution in [0.1, 0.15) is 0 Å². The summed E-state index contributed by atoms with van der Waals surface area (Å²) in [6.45, 7) is -0.279. The molecule has 3 rings (SSSR count). The highest BCUT2D eigenvalue weighted by Gasteiger charge is 2.30. The Hall–Kier alpha value is -2.80. The zero-order chi connectivity index (χ0) is 14.8. The van der Waals surface area contributed by atoms with E-state index in [9.17, 15) is 9.59 Å². The fourth-order valence-corrected chi connectivity index (χ4v) is 2.17. The summed E-state index contributed by atoms with van der Waals surface area (Å²) in [5, 5.41) is 12.6. The van der Waals surface area contributed by atoms with Gasteiger partial charge in [-0.2, -0.15) is 0 Å². The first kappa shape index (κ1) is 13.2. The monoisotopic (exact) mass is 284 g/mol. The van der Waals surface area contributed by atoms with Crippen LogP contribution in [0.2, 0.25) is 0 Å². The number of anilines is 1. The van der Waals surface area contributed by atoms with Gasteiger partial charge in [0.05, 0.1) is 18.7 Å². The van der Waals surface area contributed by atoms with Crippen LogP contribution in [0.4, 0.5) is 5.69 Å². The normalized spacial score (nSPS) is 14.7. The predicted octanol–water partition coefficient (Wildman–Crippen LogP) is 0.287. The van der Waals surface area contributed by atoms with Crippen LogP contribution in [0.25, 0.3) is 10.9 Å². The standard InChI is InChI=1S/C14H12N4O3/c19-5-4-18-13(20)6-12(14(18)21)17-11-3-1-2-10-9(11)7-15-8-16-10/h1-3,6-8,17,19H,4-5H2. The molecule has 0 saturated carbocycles. The number of aromatic nitrogens is 2. The summed E-state index contributed by atoms with van der Waals surface area (Å²) in [5.74, 6) is -0.893. The van der Waals surface area contributed by atoms with Crippen molar-refractivity contribution in [1.29, 1.82) is 0 Å². The van der Waals surface area contributed by atoms with Crippen LogP contribution in [-0.2, 0) is 9.59 Å². The van der Waals surface area contributed by atoms with E-state index in [1.807, 2.05) is 6.07 Å². The minimum absolute atomic E-state index is 0.0159. The molecule has 2 heterocycles. The second kappa shape index (κ2) is 5.29. The van der Waals surface area contributed by atoms with Gasteiger partial charge in [-0.1, -0.05) is 6.07 Å². The Morgan fingerprint density at radius 2 is 2.14 bits per heavy atom. The maximum Gasteiger partial charge on any atom is 0.277 e. The molecule has 2 N–H and O–H groups in total. The lowest BCUT2D eigenvalue weighted by Gasteiger charge is -2.14. The van der Waals surface area contributed by atoms with Crippen LogP contribution >= 0.6 is 0 Å². The molecule has 106 valence electrons. The number of carbonyl (C=O) groups excluding carboxylic acids is 2. The fraction of sp³-hybridized carbons (Fsp3) is 0.143. The molecule has 7 nitrogen and oxygen atoms in total. The molecule has 21 heavy (non-hydrogen) atoms. The number of carbonyl (C=O) groups is 2. The zero-order valence-corrected chi connectivity index (χ0v) is 11.0. The number of benzene rings is 1. The number of aliphatic hydroxyl groups is 1. The van der Waals surface area contributed by atoms with Gasteiger partial charge < -0.3 is 10.4 Å². The van der Waals surface area contributed by atoms with Crippen LogP contribution in [0.3, 0.4) is 0 Å². The molecule has 7 heteroatoms. The Morgan fingerprint density at radius 1 is 1.29 bits per heavy atom. The minimum Gasteiger partial charge on any atom is -0.395 e. The van der Waals surface area contributed by atoms with E-state index in [2.05, 4.69) is 15.3 Å². The van der Waals surface area contributed by atoms with Crippen molar-refractivity contribution in [3.05, 3.63) is 42.5 Å². The molecule has 0 radical (unpaired) electrons. The third-order valence-corrected chi connectivity index (χ3v) is 3.15. The topological polar surface area (TPSA) is 95.4 Å². The molecule has 0 fully saturated rings. The van der Waals surface area contributed by atoms with Gasteiger partial charge in [0, 0.05) is 23.3 Å². The lowest BCUT2D eigenvalue weighted by atomic mass is 10.2. The second-order valence-corrected chi connectivity index (χ2v) is 4.46. The quantitative estimate of drug-likeness (QED) is 0.783. The number of rotatable bonds is 4. The average Bonchev–Trinajstić information content (AvgIpc) is 2.76. The van der Waals surface area contributed by atoms with Crippen molar-refractivity contribution in [2.24, 2.45) is 0 Å². The van der Waals surface area contributed by atoms with Crippen molar-refractivity contribution in [3.8, 4) is 0 Å². The van der Waals surface area contributed by atoms with E-state index < -0.39 is 11.8 Å². The maximum atomic E-state index is 12.1. The number of fused-ring (bicyclic) bond motifs is 1. The molecular formula is C14H12N4O3. The van der Waals surface area contributed by atoms with Crippen molar-refractivity contribution < 1.29 is 14.7 Å². The fourth-order valence-electron chi connectivity index (χ4n) is 2.17. The lowest BCUT2D eigenvalue weighted by molar-refractivity contribution is -0.137. The molecule has 0 bridgehead atoms. The van der Waals surface area contributed by atoms with Crippen molar-refractivity contribution >= 4 is 28.4 Å². The predicted molar refractivity (Wildman–Crippen MR) is 75.0 cm³/mol. The summed E-state index contributed by atoms with van der Waals surface area (Å²) < 4.78 is 0. The van der Waals surface area contributed by atoms with Gasteiger partial charge in [-0.25, -0.2) is 9.97 Å². The summed E-state index contributed by atoms with van der Waals surface area (Å²) >= 11 is 0. The molecular weight excluding hydrogens is 272 g/mol. The highest BCUT2D eigenvalue weighted by atomic mass is 16.3. The summed E-state index contributed by atoms with van der Waals surface area (Å²) in [6.07, 6.45) is 4.30. The molecule has 1 aromatic carbocycles. The van der Waals surface area contributed by atoms with E-state index in [1.165, 1.54) is 12.4 Å². The van der Waals surface area contributed by atoms with E-state index in [0.29, 0.717) is 5.69 Å². The van der Waals surface area contributed by atoms with Crippen LogP contribution in [0.15, 0.2) is 42.5 Å². The highest BCUT2D eigenvalue weighted by molar-refractivity contribution is 6.18. The van der Waals surface area contributed by atoms with Crippen LogP contribution in [0.5, 0.6) is 0 Å². The van der Waals surface area contributed by atoms with E-state index >= 15 is 0 Å². The van der Waals surface area contributed by atoms with Gasteiger partial charge in [0.2, 0.25) is 0 Å². The van der Waals surface area contributed by atoms with Crippen molar-refractivity contribution in [1.82, 2.24) is 14.9 Å². The number of imide groups is 1. The van der Waals surface area contributed by atoms with Gasteiger partial charge in [-0.3, -0.25) is 14.5 Å². The molecule has 0 spiro atoms. The lowest BCUT2D eigenvalue weighted by Crippen LogP contribution is -2.34. The summed E-state index contributed by atoms with van der Waals surface area (Å²) in [5.41, 5.74) is 1.55. The Kier molecular flexibility index (Phi) is 3.33. The van der Waals surface area contributed by atoms with Gasteiger partial charge in [-0.15, -0.1) is 0 Å². The number of aliphatic hydroxyl groups excluding tert-OH is 1. The smallest absolute Gasteiger partial charge is 0.277 e. The first-order chi connectivity index (χ1) is 10.2. The van der Waals surface area contributed by atoms with E-state index in [-0.39, 0.29) is 18.8 Å². The molecule has 0 aliphatic carbocycles.